The van der Waals surface area contributed by atoms with Crippen LogP contribution in [-0.4, -0.2) is 24.1 Å². The number of aromatic nitrogens is 5. The van der Waals surface area contributed by atoms with Crippen LogP contribution >= 0.6 is 0 Å². The first-order valence-electron chi connectivity index (χ1n) is 23.8. The quantitative estimate of drug-likeness (QED) is 0.136. The maximum Gasteiger partial charge on any atom is 0.163 e. The predicted molar refractivity (Wildman–Crippen MR) is 290 cm³/mol. The van der Waals surface area contributed by atoms with E-state index < -0.39 is 5.41 Å². The maximum atomic E-state index is 5.16. The number of para-hydroxylation sites is 2. The predicted octanol–water partition coefficient (Wildman–Crippen LogP) is 16.3. The SMILES string of the molecule is C=Cc1c(/C=C(\C)c2cccc(-c3nc(-c4ccccc4)nc(C4(C)C=CC=C=CC4)n3)c2)c2ccccc2n1-c1ccc(-c2ccc3c4ccccc4n(-c4ccc(C(C)(C)C)cc4)c3c2)cc1. The minimum atomic E-state index is -0.416. The maximum absolute atomic E-state index is 5.16. The van der Waals surface area contributed by atoms with Crippen molar-refractivity contribution in [2.24, 2.45) is 0 Å². The molecule has 1 atom stereocenters. The van der Waals surface area contributed by atoms with E-state index in [1.165, 1.54) is 32.9 Å². The first kappa shape index (κ1) is 43.2. The van der Waals surface area contributed by atoms with E-state index in [-0.39, 0.29) is 5.41 Å². The number of hydrogen-bond acceptors (Lipinski definition) is 3. The van der Waals surface area contributed by atoms with Crippen molar-refractivity contribution in [3.63, 3.8) is 0 Å². The number of benzene rings is 7. The molecule has 1 unspecified atom stereocenters. The van der Waals surface area contributed by atoms with Crippen molar-refractivity contribution in [1.82, 2.24) is 24.1 Å². The largest absolute Gasteiger partial charge is 0.309 e. The molecule has 11 rings (SSSR count). The van der Waals surface area contributed by atoms with Crippen LogP contribution in [-0.2, 0) is 10.8 Å². The average Bonchev–Trinajstić information content (AvgIpc) is 3.77. The van der Waals surface area contributed by atoms with Gasteiger partial charge in [-0.2, -0.15) is 0 Å². The normalized spacial score (nSPS) is 15.1. The van der Waals surface area contributed by atoms with E-state index in [2.05, 4.69) is 226 Å². The second-order valence-electron chi connectivity index (χ2n) is 19.4. The summed E-state index contributed by atoms with van der Waals surface area (Å²) < 4.78 is 4.73. The average molecular weight is 892 g/mol. The molecule has 0 fully saturated rings. The first-order valence-corrected chi connectivity index (χ1v) is 23.8. The lowest BCUT2D eigenvalue weighted by Gasteiger charge is -2.23. The number of allylic oxidation sites excluding steroid dienone is 4. The highest BCUT2D eigenvalue weighted by molar-refractivity contribution is 6.10. The molecule has 0 saturated heterocycles. The molecule has 0 bridgehead atoms. The van der Waals surface area contributed by atoms with E-state index in [0.717, 1.165) is 73.6 Å². The number of hydrogen-bond donors (Lipinski definition) is 0. The molecule has 1 aliphatic carbocycles. The summed E-state index contributed by atoms with van der Waals surface area (Å²) in [5.41, 5.74) is 18.5. The zero-order valence-electron chi connectivity index (χ0n) is 39.8. The van der Waals surface area contributed by atoms with Gasteiger partial charge in [0.1, 0.15) is 5.82 Å². The van der Waals surface area contributed by atoms with Crippen LogP contribution in [0.2, 0.25) is 0 Å². The summed E-state index contributed by atoms with van der Waals surface area (Å²) in [6, 6.07) is 60.9. The smallest absolute Gasteiger partial charge is 0.163 e. The number of nitrogens with zero attached hydrogens (tertiary/aromatic N) is 5. The molecule has 5 nitrogen and oxygen atoms in total. The van der Waals surface area contributed by atoms with Gasteiger partial charge in [-0.1, -0.05) is 161 Å². The Morgan fingerprint density at radius 3 is 1.97 bits per heavy atom. The van der Waals surface area contributed by atoms with Gasteiger partial charge in [-0.25, -0.2) is 15.0 Å². The molecule has 10 aromatic rings. The molecule has 0 saturated carbocycles. The Bertz CT molecular complexity index is 3740. The van der Waals surface area contributed by atoms with Crippen LogP contribution in [0.3, 0.4) is 0 Å². The summed E-state index contributed by atoms with van der Waals surface area (Å²) in [4.78, 5) is 15.3. The van der Waals surface area contributed by atoms with E-state index in [9.17, 15) is 0 Å². The second-order valence-corrected chi connectivity index (χ2v) is 19.4. The monoisotopic (exact) mass is 891 g/mol. The molecule has 69 heavy (non-hydrogen) atoms. The highest BCUT2D eigenvalue weighted by Crippen LogP contribution is 2.38. The Balaban J connectivity index is 0.953. The fraction of sp³-hybridized carbons (Fsp3) is 0.125. The van der Waals surface area contributed by atoms with Crippen LogP contribution in [0.25, 0.3) is 95.7 Å². The van der Waals surface area contributed by atoms with Crippen molar-refractivity contribution in [2.75, 3.05) is 0 Å². The van der Waals surface area contributed by atoms with Gasteiger partial charge in [0.15, 0.2) is 11.6 Å². The van der Waals surface area contributed by atoms with Crippen molar-refractivity contribution in [1.29, 1.82) is 0 Å². The van der Waals surface area contributed by atoms with E-state index in [0.29, 0.717) is 11.6 Å². The van der Waals surface area contributed by atoms with Gasteiger partial charge in [-0.15, -0.1) is 5.73 Å². The Labute approximate surface area is 404 Å². The van der Waals surface area contributed by atoms with Crippen molar-refractivity contribution in [3.8, 4) is 45.3 Å². The molecule has 3 aromatic heterocycles. The van der Waals surface area contributed by atoms with Gasteiger partial charge in [0.05, 0.1) is 22.2 Å². The molecule has 0 spiro atoms. The zero-order valence-corrected chi connectivity index (χ0v) is 39.8. The van der Waals surface area contributed by atoms with E-state index >= 15 is 0 Å². The molecule has 3 heterocycles. The van der Waals surface area contributed by atoms with Crippen LogP contribution < -0.4 is 0 Å². The minimum Gasteiger partial charge on any atom is -0.309 e. The minimum absolute atomic E-state index is 0.0845. The third kappa shape index (κ3) is 7.97. The molecular formula is C64H53N5. The third-order valence-corrected chi connectivity index (χ3v) is 13.7. The molecule has 5 heteroatoms. The van der Waals surface area contributed by atoms with Crippen molar-refractivity contribution in [3.05, 3.63) is 235 Å². The van der Waals surface area contributed by atoms with Crippen molar-refractivity contribution >= 4 is 50.4 Å². The van der Waals surface area contributed by atoms with Gasteiger partial charge in [0.25, 0.3) is 0 Å². The first-order chi connectivity index (χ1) is 33.6. The Hall–Kier alpha value is -8.37. The summed E-state index contributed by atoms with van der Waals surface area (Å²) in [6.07, 6.45) is 13.2. The van der Waals surface area contributed by atoms with Gasteiger partial charge < -0.3 is 9.13 Å². The standard InChI is InChI=1S/C64H53N5/c1-7-56-55(40-43(2)46-22-19-23-48(41-46)61-65-60(45-20-11-10-12-21-45)66-62(67-61)64(6)38-17-8-9-18-39-64)53-25-14-16-27-58(53)68(56)50-33-28-44(29-34-50)47-30-37-54-52-24-13-15-26-57(52)69(59(54)42-47)51-35-31-49(32-36-51)63(3,4)5/h7-8,10-38,40-42H,1,39H2,2-6H3/b43-40+. The molecular weight excluding hydrogens is 839 g/mol. The molecule has 334 valence electrons. The summed E-state index contributed by atoms with van der Waals surface area (Å²) in [5, 5.41) is 3.65. The van der Waals surface area contributed by atoms with Crippen molar-refractivity contribution in [2.45, 2.75) is 51.9 Å². The van der Waals surface area contributed by atoms with Crippen LogP contribution in [0.15, 0.2) is 206 Å². The summed E-state index contributed by atoms with van der Waals surface area (Å²) in [6.45, 7) is 15.5. The topological polar surface area (TPSA) is 48.5 Å². The zero-order chi connectivity index (χ0) is 47.3. The lowest BCUT2D eigenvalue weighted by atomic mass is 9.85. The van der Waals surface area contributed by atoms with Gasteiger partial charge >= 0.3 is 0 Å². The Kier molecular flexibility index (Phi) is 10.9. The van der Waals surface area contributed by atoms with E-state index in [1.807, 2.05) is 36.4 Å². The molecule has 0 radical (unpaired) electrons. The lowest BCUT2D eigenvalue weighted by Crippen LogP contribution is -2.23. The number of rotatable bonds is 9. The summed E-state index contributed by atoms with van der Waals surface area (Å²) >= 11 is 0. The Morgan fingerprint density at radius 2 is 1.23 bits per heavy atom. The highest BCUT2D eigenvalue weighted by Gasteiger charge is 2.28. The van der Waals surface area contributed by atoms with Gasteiger partial charge in [-0.05, 0) is 126 Å². The van der Waals surface area contributed by atoms with E-state index in [1.54, 1.807) is 0 Å². The third-order valence-electron chi connectivity index (χ3n) is 13.7. The second kappa shape index (κ2) is 17.4. The van der Waals surface area contributed by atoms with E-state index in [4.69, 9.17) is 15.0 Å². The van der Waals surface area contributed by atoms with Crippen molar-refractivity contribution < 1.29 is 0 Å². The van der Waals surface area contributed by atoms with Crippen LogP contribution in [0, 0.1) is 0 Å². The van der Waals surface area contributed by atoms with Gasteiger partial charge in [0, 0.05) is 49.6 Å². The lowest BCUT2D eigenvalue weighted by molar-refractivity contribution is 0.560. The highest BCUT2D eigenvalue weighted by atomic mass is 15.0. The van der Waals surface area contributed by atoms with Gasteiger partial charge in [-0.3, -0.25) is 0 Å². The van der Waals surface area contributed by atoms with Crippen LogP contribution in [0.4, 0.5) is 0 Å². The van der Waals surface area contributed by atoms with Gasteiger partial charge in [0.2, 0.25) is 0 Å². The molecule has 1 aliphatic rings. The summed E-state index contributed by atoms with van der Waals surface area (Å²) in [7, 11) is 0. The number of fused-ring (bicyclic) bond motifs is 4. The Morgan fingerprint density at radius 1 is 0.609 bits per heavy atom. The summed E-state index contributed by atoms with van der Waals surface area (Å²) in [5.74, 6) is 2.03. The molecule has 7 aromatic carbocycles. The fourth-order valence-electron chi connectivity index (χ4n) is 9.83. The molecule has 0 amide bonds. The molecule has 0 N–H and O–H groups in total. The van der Waals surface area contributed by atoms with Crippen LogP contribution in [0.5, 0.6) is 0 Å². The molecule has 0 aliphatic heterocycles. The van der Waals surface area contributed by atoms with Crippen LogP contribution in [0.1, 0.15) is 69.2 Å². The fourth-order valence-corrected chi connectivity index (χ4v) is 9.83.